The number of anilines is 1. The minimum Gasteiger partial charge on any atom is -0.465 e. The van der Waals surface area contributed by atoms with Crippen LogP contribution < -0.4 is 5.73 Å². The number of benzene rings is 1. The van der Waals surface area contributed by atoms with Gasteiger partial charge in [0.25, 0.3) is 0 Å². The maximum Gasteiger partial charge on any atom is 0.343 e. The summed E-state index contributed by atoms with van der Waals surface area (Å²) in [6, 6.07) is 5.97. The third-order valence-corrected chi connectivity index (χ3v) is 2.85. The Morgan fingerprint density at radius 3 is 2.63 bits per heavy atom. The number of nitrogens with two attached hydrogens (primary N) is 1. The molecule has 0 radical (unpaired) electrons. The lowest BCUT2D eigenvalue weighted by Gasteiger charge is -2.08. The summed E-state index contributed by atoms with van der Waals surface area (Å²) in [5.74, 6) is 0.0872. The first kappa shape index (κ1) is 13.0. The first-order chi connectivity index (χ1) is 9.02. The van der Waals surface area contributed by atoms with Crippen molar-refractivity contribution in [3.05, 3.63) is 41.1 Å². The molecule has 0 aliphatic rings. The number of methoxy groups -OCH3 is 1. The van der Waals surface area contributed by atoms with Gasteiger partial charge in [0.05, 0.1) is 7.11 Å². The van der Waals surface area contributed by atoms with E-state index in [1.165, 1.54) is 18.9 Å². The summed E-state index contributed by atoms with van der Waals surface area (Å²) in [6.07, 6.45) is 1.39. The van der Waals surface area contributed by atoms with Gasteiger partial charge in [-0.05, 0) is 19.4 Å². The Kier molecular flexibility index (Phi) is 3.46. The minimum atomic E-state index is -0.537. The van der Waals surface area contributed by atoms with Crippen LogP contribution in [0.15, 0.2) is 24.4 Å². The normalized spacial score (nSPS) is 10.3. The fourth-order valence-corrected chi connectivity index (χ4v) is 1.86. The number of hydrogen-bond acceptors (Lipinski definition) is 5. The summed E-state index contributed by atoms with van der Waals surface area (Å²) < 4.78 is 4.60. The van der Waals surface area contributed by atoms with Gasteiger partial charge in [-0.1, -0.05) is 23.8 Å². The molecule has 2 N–H and O–H groups in total. The second-order valence-electron chi connectivity index (χ2n) is 4.30. The van der Waals surface area contributed by atoms with Gasteiger partial charge in [-0.3, -0.25) is 0 Å². The molecule has 0 amide bonds. The molecule has 0 aliphatic carbocycles. The Labute approximate surface area is 111 Å². The van der Waals surface area contributed by atoms with Crippen molar-refractivity contribution in [1.29, 1.82) is 0 Å². The molecular formula is C14H15N3O2. The summed E-state index contributed by atoms with van der Waals surface area (Å²) in [5.41, 5.74) is 9.06. The highest BCUT2D eigenvalue weighted by Gasteiger charge is 2.14. The van der Waals surface area contributed by atoms with Crippen molar-refractivity contribution >= 4 is 11.8 Å². The predicted molar refractivity (Wildman–Crippen MR) is 72.7 cm³/mol. The van der Waals surface area contributed by atoms with Gasteiger partial charge in [-0.2, -0.15) is 0 Å². The van der Waals surface area contributed by atoms with Crippen LogP contribution in [0, 0.1) is 13.8 Å². The van der Waals surface area contributed by atoms with E-state index in [0.29, 0.717) is 5.82 Å². The number of esters is 1. The number of carbonyl (C=O) groups excluding carboxylic acids is 1. The van der Waals surface area contributed by atoms with E-state index in [1.807, 2.05) is 32.0 Å². The van der Waals surface area contributed by atoms with Crippen molar-refractivity contribution in [2.24, 2.45) is 0 Å². The van der Waals surface area contributed by atoms with E-state index in [2.05, 4.69) is 14.7 Å². The van der Waals surface area contributed by atoms with Crippen LogP contribution in [-0.4, -0.2) is 23.0 Å². The molecule has 5 heteroatoms. The highest BCUT2D eigenvalue weighted by Crippen LogP contribution is 2.22. The van der Waals surface area contributed by atoms with Gasteiger partial charge in [0.2, 0.25) is 0 Å². The van der Waals surface area contributed by atoms with E-state index >= 15 is 0 Å². The highest BCUT2D eigenvalue weighted by atomic mass is 16.5. The number of aromatic nitrogens is 2. The maximum atomic E-state index is 11.4. The van der Waals surface area contributed by atoms with Crippen LogP contribution in [0.5, 0.6) is 0 Å². The van der Waals surface area contributed by atoms with Crippen molar-refractivity contribution < 1.29 is 9.53 Å². The zero-order valence-corrected chi connectivity index (χ0v) is 11.1. The number of aryl methyl sites for hydroxylation is 2. The van der Waals surface area contributed by atoms with Crippen LogP contribution in [0.4, 0.5) is 5.82 Å². The van der Waals surface area contributed by atoms with Gasteiger partial charge in [0, 0.05) is 11.8 Å². The van der Waals surface area contributed by atoms with Gasteiger partial charge in [-0.15, -0.1) is 0 Å². The van der Waals surface area contributed by atoms with E-state index in [9.17, 15) is 4.79 Å². The number of ether oxygens (including phenoxy) is 1. The van der Waals surface area contributed by atoms with Crippen molar-refractivity contribution in [2.45, 2.75) is 13.8 Å². The van der Waals surface area contributed by atoms with E-state index in [-0.39, 0.29) is 11.4 Å². The second-order valence-corrected chi connectivity index (χ2v) is 4.30. The monoisotopic (exact) mass is 257 g/mol. The van der Waals surface area contributed by atoms with Crippen molar-refractivity contribution in [1.82, 2.24) is 9.97 Å². The second kappa shape index (κ2) is 5.06. The molecule has 19 heavy (non-hydrogen) atoms. The van der Waals surface area contributed by atoms with Gasteiger partial charge < -0.3 is 10.5 Å². The largest absolute Gasteiger partial charge is 0.465 e. The summed E-state index contributed by atoms with van der Waals surface area (Å²) in [5, 5.41) is 0. The van der Waals surface area contributed by atoms with Crippen molar-refractivity contribution in [2.75, 3.05) is 12.8 Å². The quantitative estimate of drug-likeness (QED) is 0.834. The van der Waals surface area contributed by atoms with Crippen LogP contribution in [-0.2, 0) is 4.74 Å². The Balaban J connectivity index is 2.47. The van der Waals surface area contributed by atoms with E-state index in [0.717, 1.165) is 11.1 Å². The number of carbonyl (C=O) groups is 1. The van der Waals surface area contributed by atoms with E-state index < -0.39 is 5.97 Å². The lowest BCUT2D eigenvalue weighted by atomic mass is 10.1. The van der Waals surface area contributed by atoms with Crippen molar-refractivity contribution in [3.8, 4) is 11.4 Å². The summed E-state index contributed by atoms with van der Waals surface area (Å²) in [7, 11) is 1.29. The predicted octanol–water partition coefficient (Wildman–Crippen LogP) is 2.13. The molecule has 0 bridgehead atoms. The van der Waals surface area contributed by atoms with Crippen molar-refractivity contribution in [3.63, 3.8) is 0 Å². The number of nitrogen functional groups attached to an aromatic ring is 1. The topological polar surface area (TPSA) is 78.1 Å². The standard InChI is InChI=1S/C14H15N3O2/c1-8-4-5-10(9(2)6-8)13-16-7-11(12(15)17-13)14(18)19-3/h4-7H,1-3H3,(H2,15,16,17). The Morgan fingerprint density at radius 1 is 1.32 bits per heavy atom. The van der Waals surface area contributed by atoms with Gasteiger partial charge >= 0.3 is 5.97 Å². The molecule has 0 fully saturated rings. The molecule has 0 aliphatic heterocycles. The SMILES string of the molecule is COC(=O)c1cnc(-c2ccc(C)cc2C)nc1N. The van der Waals surface area contributed by atoms with E-state index in [4.69, 9.17) is 5.73 Å². The van der Waals surface area contributed by atoms with Gasteiger partial charge in [0.1, 0.15) is 11.4 Å². The molecule has 2 aromatic rings. The molecule has 0 spiro atoms. The average Bonchev–Trinajstić information content (AvgIpc) is 2.37. The van der Waals surface area contributed by atoms with Crippen LogP contribution in [0.2, 0.25) is 0 Å². The lowest BCUT2D eigenvalue weighted by molar-refractivity contribution is 0.0601. The molecule has 1 aromatic heterocycles. The maximum absolute atomic E-state index is 11.4. The van der Waals surface area contributed by atoms with Crippen LogP contribution >= 0.6 is 0 Å². The Morgan fingerprint density at radius 2 is 2.05 bits per heavy atom. The third-order valence-electron chi connectivity index (χ3n) is 2.85. The highest BCUT2D eigenvalue weighted by molar-refractivity contribution is 5.93. The zero-order chi connectivity index (χ0) is 14.0. The third kappa shape index (κ3) is 2.54. The van der Waals surface area contributed by atoms with Crippen LogP contribution in [0.25, 0.3) is 11.4 Å². The Hall–Kier alpha value is -2.43. The molecule has 1 heterocycles. The average molecular weight is 257 g/mol. The first-order valence-electron chi connectivity index (χ1n) is 5.81. The molecule has 0 saturated heterocycles. The first-order valence-corrected chi connectivity index (χ1v) is 5.81. The lowest BCUT2D eigenvalue weighted by Crippen LogP contribution is -2.09. The fourth-order valence-electron chi connectivity index (χ4n) is 1.86. The number of hydrogen-bond donors (Lipinski definition) is 1. The number of nitrogens with zero attached hydrogens (tertiary/aromatic N) is 2. The smallest absolute Gasteiger partial charge is 0.343 e. The molecule has 98 valence electrons. The zero-order valence-electron chi connectivity index (χ0n) is 11.1. The Bertz CT molecular complexity index is 639. The minimum absolute atomic E-state index is 0.122. The molecule has 0 unspecified atom stereocenters. The molecule has 5 nitrogen and oxygen atoms in total. The van der Waals surface area contributed by atoms with Crippen LogP contribution in [0.1, 0.15) is 21.5 Å². The van der Waals surface area contributed by atoms with Gasteiger partial charge in [0.15, 0.2) is 5.82 Å². The molecule has 0 atom stereocenters. The summed E-state index contributed by atoms with van der Waals surface area (Å²) in [4.78, 5) is 19.8. The van der Waals surface area contributed by atoms with E-state index in [1.54, 1.807) is 0 Å². The molecule has 1 aromatic carbocycles. The summed E-state index contributed by atoms with van der Waals surface area (Å²) in [6.45, 7) is 4.00. The number of rotatable bonds is 2. The molecular weight excluding hydrogens is 242 g/mol. The molecule has 0 saturated carbocycles. The van der Waals surface area contributed by atoms with Crippen LogP contribution in [0.3, 0.4) is 0 Å². The fraction of sp³-hybridized carbons (Fsp3) is 0.214. The molecule has 2 rings (SSSR count). The van der Waals surface area contributed by atoms with Gasteiger partial charge in [-0.25, -0.2) is 14.8 Å². The summed E-state index contributed by atoms with van der Waals surface area (Å²) >= 11 is 0.